The van der Waals surface area contributed by atoms with E-state index in [1.807, 2.05) is 65.0 Å². The molecule has 7 nitrogen and oxygen atoms in total. The Morgan fingerprint density at radius 1 is 1.22 bits per heavy atom. The van der Waals surface area contributed by atoms with E-state index in [2.05, 4.69) is 11.9 Å². The minimum Gasteiger partial charge on any atom is -0.459 e. The maximum Gasteiger partial charge on any atom is 0.347 e. The van der Waals surface area contributed by atoms with Gasteiger partial charge in [0.25, 0.3) is 0 Å². The zero-order valence-corrected chi connectivity index (χ0v) is 19.8. The van der Waals surface area contributed by atoms with Crippen molar-refractivity contribution < 1.29 is 28.5 Å². The van der Waals surface area contributed by atoms with E-state index in [9.17, 15) is 9.59 Å². The van der Waals surface area contributed by atoms with Crippen LogP contribution in [0.1, 0.15) is 53.0 Å². The summed E-state index contributed by atoms with van der Waals surface area (Å²) < 4.78 is 22.1. The van der Waals surface area contributed by atoms with Crippen molar-refractivity contribution in [3.8, 4) is 0 Å². The van der Waals surface area contributed by atoms with Crippen LogP contribution in [0.4, 0.5) is 0 Å². The largest absolute Gasteiger partial charge is 0.459 e. The van der Waals surface area contributed by atoms with E-state index in [-0.39, 0.29) is 43.1 Å². The zero-order valence-electron chi connectivity index (χ0n) is 19.8. The third-order valence-electron chi connectivity index (χ3n) is 4.62. The third-order valence-corrected chi connectivity index (χ3v) is 4.62. The first-order valence-corrected chi connectivity index (χ1v) is 11.2. The number of hydrogen-bond donors (Lipinski definition) is 1. The molecule has 1 fully saturated rings. The monoisotopic (exact) mass is 447 g/mol. The van der Waals surface area contributed by atoms with Crippen molar-refractivity contribution >= 4 is 11.9 Å². The molecule has 32 heavy (non-hydrogen) atoms. The summed E-state index contributed by atoms with van der Waals surface area (Å²) in [4.78, 5) is 25.1. The molecule has 0 amide bonds. The van der Waals surface area contributed by atoms with E-state index in [0.717, 1.165) is 5.56 Å². The van der Waals surface area contributed by atoms with Crippen molar-refractivity contribution in [3.05, 3.63) is 48.6 Å². The summed E-state index contributed by atoms with van der Waals surface area (Å²) in [5.74, 6) is -0.852. The van der Waals surface area contributed by atoms with E-state index >= 15 is 0 Å². The van der Waals surface area contributed by atoms with Crippen molar-refractivity contribution in [2.75, 3.05) is 6.61 Å². The number of carbonyl (C=O) groups is 2. The van der Waals surface area contributed by atoms with Crippen LogP contribution in [0.15, 0.2) is 43.0 Å². The average Bonchev–Trinajstić information content (AvgIpc) is 3.40. The lowest BCUT2D eigenvalue weighted by molar-refractivity contribution is -0.168. The molecular formula is C25H37NO6. The van der Waals surface area contributed by atoms with Crippen LogP contribution in [-0.4, -0.2) is 48.8 Å². The Morgan fingerprint density at radius 3 is 2.50 bits per heavy atom. The Balaban J connectivity index is 2.00. The van der Waals surface area contributed by atoms with E-state index in [1.54, 1.807) is 0 Å². The number of epoxide rings is 1. The lowest BCUT2D eigenvalue weighted by Gasteiger charge is -2.22. The number of carbonyl (C=O) groups excluding carboxylic acids is 2. The summed E-state index contributed by atoms with van der Waals surface area (Å²) in [7, 11) is 0. The summed E-state index contributed by atoms with van der Waals surface area (Å²) in [5, 5.41) is 3.34. The van der Waals surface area contributed by atoms with Gasteiger partial charge < -0.3 is 18.9 Å². The summed E-state index contributed by atoms with van der Waals surface area (Å²) in [5.41, 5.74) is 0.751. The molecule has 2 rings (SSSR count). The number of ether oxygens (including phenoxy) is 4. The number of rotatable bonds is 13. The summed E-state index contributed by atoms with van der Waals surface area (Å²) in [6.45, 7) is 13.4. The molecule has 1 aromatic rings. The highest BCUT2D eigenvalue weighted by Gasteiger charge is 2.44. The Hall–Kier alpha value is -2.22. The van der Waals surface area contributed by atoms with Gasteiger partial charge in [0.15, 0.2) is 18.6 Å². The fourth-order valence-electron chi connectivity index (χ4n) is 3.24. The Morgan fingerprint density at radius 2 is 1.91 bits per heavy atom. The molecule has 0 aromatic heterocycles. The molecule has 0 aliphatic carbocycles. The first-order valence-electron chi connectivity index (χ1n) is 11.2. The van der Waals surface area contributed by atoms with Gasteiger partial charge in [-0.05, 0) is 45.1 Å². The molecule has 1 aliphatic heterocycles. The quantitative estimate of drug-likeness (QED) is 0.280. The van der Waals surface area contributed by atoms with Crippen molar-refractivity contribution in [1.82, 2.24) is 5.32 Å². The fourth-order valence-corrected chi connectivity index (χ4v) is 3.24. The Bertz CT molecular complexity index is 743. The number of esters is 2. The number of hydrogen-bond acceptors (Lipinski definition) is 7. The summed E-state index contributed by atoms with van der Waals surface area (Å²) >= 11 is 0. The molecule has 0 saturated carbocycles. The van der Waals surface area contributed by atoms with Gasteiger partial charge in [-0.25, -0.2) is 4.79 Å². The molecule has 0 radical (unpaired) electrons. The van der Waals surface area contributed by atoms with Crippen molar-refractivity contribution in [1.29, 1.82) is 0 Å². The normalized spacial score (nSPS) is 19.8. The van der Waals surface area contributed by atoms with E-state index in [4.69, 9.17) is 18.9 Å². The molecular weight excluding hydrogens is 410 g/mol. The highest BCUT2D eigenvalue weighted by molar-refractivity contribution is 5.79. The molecule has 4 atom stereocenters. The maximum atomic E-state index is 12.8. The van der Waals surface area contributed by atoms with Gasteiger partial charge in [0.1, 0.15) is 6.61 Å². The van der Waals surface area contributed by atoms with Crippen molar-refractivity contribution in [2.24, 2.45) is 5.92 Å². The molecule has 1 heterocycles. The number of nitrogens with one attached hydrogen (secondary N) is 1. The second-order valence-electron chi connectivity index (χ2n) is 9.44. The zero-order chi connectivity index (χ0) is 23.7. The van der Waals surface area contributed by atoms with Crippen LogP contribution in [-0.2, 0) is 35.0 Å². The second kappa shape index (κ2) is 12.1. The molecule has 0 spiro atoms. The highest BCUT2D eigenvalue weighted by atomic mass is 16.8. The van der Waals surface area contributed by atoms with Gasteiger partial charge in [-0.3, -0.25) is 10.1 Å². The minimum atomic E-state index is -0.936. The lowest BCUT2D eigenvalue weighted by Crippen LogP contribution is -2.39. The van der Waals surface area contributed by atoms with Gasteiger partial charge in [-0.2, -0.15) is 0 Å². The highest BCUT2D eigenvalue weighted by Crippen LogP contribution is 2.27. The predicted octanol–water partition coefficient (Wildman–Crippen LogP) is 3.76. The predicted molar refractivity (Wildman–Crippen MR) is 122 cm³/mol. The standard InChI is InChI=1S/C25H37NO6/c1-7-13-29-23(28)20(14-17(2)3)30-21(27)16-19(15-18-11-9-8-10-12-18)26-22-24(31-22)32-25(4,5)6/h7-12,17,19-20,22,24,26H,1,13-16H2,2-6H3/t19-,20+,22?,24?/m1/s1. The molecule has 2 unspecified atom stereocenters. The summed E-state index contributed by atoms with van der Waals surface area (Å²) in [6, 6.07) is 9.63. The third kappa shape index (κ3) is 9.94. The second-order valence-corrected chi connectivity index (χ2v) is 9.44. The molecule has 1 aromatic carbocycles. The molecule has 0 bridgehead atoms. The molecule has 1 N–H and O–H groups in total. The Kier molecular flexibility index (Phi) is 9.87. The molecule has 178 valence electrons. The van der Waals surface area contributed by atoms with Crippen LogP contribution in [0, 0.1) is 5.92 Å². The van der Waals surface area contributed by atoms with Crippen LogP contribution in [0.3, 0.4) is 0 Å². The molecule has 7 heteroatoms. The average molecular weight is 448 g/mol. The van der Waals surface area contributed by atoms with Crippen LogP contribution in [0.5, 0.6) is 0 Å². The van der Waals surface area contributed by atoms with Crippen LogP contribution < -0.4 is 5.32 Å². The Labute approximate surface area is 191 Å². The number of benzene rings is 1. The minimum absolute atomic E-state index is 0.0807. The van der Waals surface area contributed by atoms with E-state index in [0.29, 0.717) is 12.8 Å². The SMILES string of the molecule is C=CCOC(=O)[C@H](CC(C)C)OC(=O)C[C@@H](Cc1ccccc1)NC1OC1OC(C)(C)C. The fraction of sp³-hybridized carbons (Fsp3) is 0.600. The van der Waals surface area contributed by atoms with Crippen molar-refractivity contribution in [2.45, 2.75) is 84.1 Å². The van der Waals surface area contributed by atoms with Crippen LogP contribution >= 0.6 is 0 Å². The van der Waals surface area contributed by atoms with Crippen molar-refractivity contribution in [3.63, 3.8) is 0 Å². The van der Waals surface area contributed by atoms with Gasteiger partial charge in [0.05, 0.1) is 12.0 Å². The smallest absolute Gasteiger partial charge is 0.347 e. The maximum absolute atomic E-state index is 12.8. The van der Waals surface area contributed by atoms with E-state index in [1.165, 1.54) is 6.08 Å². The van der Waals surface area contributed by atoms with Gasteiger partial charge in [-0.15, -0.1) is 0 Å². The van der Waals surface area contributed by atoms with Crippen LogP contribution in [0.2, 0.25) is 0 Å². The van der Waals surface area contributed by atoms with Crippen LogP contribution in [0.25, 0.3) is 0 Å². The lowest BCUT2D eigenvalue weighted by atomic mass is 10.0. The van der Waals surface area contributed by atoms with Gasteiger partial charge in [0, 0.05) is 6.04 Å². The van der Waals surface area contributed by atoms with Gasteiger partial charge in [0.2, 0.25) is 0 Å². The summed E-state index contributed by atoms with van der Waals surface area (Å²) in [6.07, 6.45) is 0.984. The van der Waals surface area contributed by atoms with Gasteiger partial charge in [-0.1, -0.05) is 56.8 Å². The van der Waals surface area contributed by atoms with E-state index < -0.39 is 18.0 Å². The van der Waals surface area contributed by atoms with Gasteiger partial charge >= 0.3 is 11.9 Å². The first-order chi connectivity index (χ1) is 15.1. The molecule has 1 aliphatic rings. The molecule has 1 saturated heterocycles. The topological polar surface area (TPSA) is 86.4 Å². The first kappa shape index (κ1) is 26.0.